The van der Waals surface area contributed by atoms with Crippen LogP contribution in [0.4, 0.5) is 5.13 Å². The van der Waals surface area contributed by atoms with E-state index in [1.54, 1.807) is 24.3 Å². The average molecular weight is 372 g/mol. The van der Waals surface area contributed by atoms with Gasteiger partial charge in [0.05, 0.1) is 35.4 Å². The van der Waals surface area contributed by atoms with Gasteiger partial charge in [-0.25, -0.2) is 9.78 Å². The van der Waals surface area contributed by atoms with Crippen LogP contribution in [0.25, 0.3) is 10.2 Å². The van der Waals surface area contributed by atoms with Crippen LogP contribution in [0.15, 0.2) is 36.4 Å². The molecular weight excluding hydrogens is 356 g/mol. The molecule has 8 heteroatoms. The van der Waals surface area contributed by atoms with E-state index >= 15 is 0 Å². The first-order valence-electron chi connectivity index (χ1n) is 7.76. The van der Waals surface area contributed by atoms with Crippen LogP contribution in [0.3, 0.4) is 0 Å². The molecule has 0 unspecified atom stereocenters. The van der Waals surface area contributed by atoms with E-state index in [-0.39, 0.29) is 31.1 Å². The van der Waals surface area contributed by atoms with Crippen molar-refractivity contribution in [1.82, 2.24) is 4.98 Å². The van der Waals surface area contributed by atoms with Crippen molar-refractivity contribution in [2.75, 3.05) is 5.32 Å². The van der Waals surface area contributed by atoms with Crippen LogP contribution < -0.4 is 5.32 Å². The molecule has 26 heavy (non-hydrogen) atoms. The molecule has 1 amide bonds. The summed E-state index contributed by atoms with van der Waals surface area (Å²) in [5, 5.41) is 30.8. The highest BCUT2D eigenvalue weighted by Crippen LogP contribution is 2.29. The predicted molar refractivity (Wildman–Crippen MR) is 97.2 cm³/mol. The second-order valence-electron chi connectivity index (χ2n) is 5.65. The van der Waals surface area contributed by atoms with Crippen molar-refractivity contribution in [2.24, 2.45) is 0 Å². The first kappa shape index (κ1) is 18.0. The summed E-state index contributed by atoms with van der Waals surface area (Å²) < 4.78 is 0.787. The summed E-state index contributed by atoms with van der Waals surface area (Å²) in [5.41, 5.74) is 2.55. The van der Waals surface area contributed by atoms with Gasteiger partial charge in [0.1, 0.15) is 0 Å². The number of aliphatic hydroxyl groups is 2. The van der Waals surface area contributed by atoms with Gasteiger partial charge in [-0.15, -0.1) is 0 Å². The summed E-state index contributed by atoms with van der Waals surface area (Å²) in [4.78, 5) is 27.5. The highest BCUT2D eigenvalue weighted by Gasteiger charge is 2.12. The third-order valence-corrected chi connectivity index (χ3v) is 4.77. The van der Waals surface area contributed by atoms with E-state index < -0.39 is 5.97 Å². The summed E-state index contributed by atoms with van der Waals surface area (Å²) >= 11 is 1.26. The van der Waals surface area contributed by atoms with Gasteiger partial charge in [-0.05, 0) is 41.0 Å². The molecule has 0 radical (unpaired) electrons. The number of rotatable bonds is 6. The standard InChI is InChI=1S/C18H16N2O5S/c21-8-12-6-14-15(7-13(12)9-22)26-18(19-14)20-16(23)5-10-2-1-3-11(4-10)17(24)25/h1-4,6-7,21-22H,5,8-9H2,(H,24,25)(H,19,20,23). The molecule has 0 aliphatic heterocycles. The van der Waals surface area contributed by atoms with E-state index in [0.29, 0.717) is 27.3 Å². The van der Waals surface area contributed by atoms with Crippen molar-refractivity contribution in [3.63, 3.8) is 0 Å². The van der Waals surface area contributed by atoms with Crippen LogP contribution in [-0.2, 0) is 24.4 Å². The summed E-state index contributed by atoms with van der Waals surface area (Å²) in [6.45, 7) is -0.393. The van der Waals surface area contributed by atoms with Gasteiger partial charge in [-0.3, -0.25) is 4.79 Å². The SMILES string of the molecule is O=C(Cc1cccc(C(=O)O)c1)Nc1nc2cc(CO)c(CO)cc2s1. The lowest BCUT2D eigenvalue weighted by atomic mass is 10.1. The second-order valence-corrected chi connectivity index (χ2v) is 6.69. The van der Waals surface area contributed by atoms with E-state index in [2.05, 4.69) is 10.3 Å². The molecule has 0 saturated carbocycles. The van der Waals surface area contributed by atoms with E-state index in [0.717, 1.165) is 4.70 Å². The zero-order valence-corrected chi connectivity index (χ0v) is 14.4. The summed E-state index contributed by atoms with van der Waals surface area (Å²) in [7, 11) is 0. The molecule has 0 spiro atoms. The van der Waals surface area contributed by atoms with Gasteiger partial charge in [0.15, 0.2) is 5.13 Å². The Balaban J connectivity index is 1.77. The molecule has 4 N–H and O–H groups in total. The third-order valence-electron chi connectivity index (χ3n) is 3.84. The molecule has 0 aliphatic carbocycles. The molecule has 0 saturated heterocycles. The number of benzene rings is 2. The Hall–Kier alpha value is -2.81. The topological polar surface area (TPSA) is 120 Å². The molecule has 0 atom stereocenters. The first-order chi connectivity index (χ1) is 12.5. The monoisotopic (exact) mass is 372 g/mol. The Kier molecular flexibility index (Phi) is 5.27. The van der Waals surface area contributed by atoms with E-state index in [9.17, 15) is 19.8 Å². The lowest BCUT2D eigenvalue weighted by molar-refractivity contribution is -0.115. The number of amides is 1. The first-order valence-corrected chi connectivity index (χ1v) is 8.58. The van der Waals surface area contributed by atoms with Crippen molar-refractivity contribution >= 4 is 38.6 Å². The van der Waals surface area contributed by atoms with Gasteiger partial charge >= 0.3 is 5.97 Å². The minimum absolute atomic E-state index is 0.0286. The zero-order chi connectivity index (χ0) is 18.7. The van der Waals surface area contributed by atoms with Gasteiger partial charge in [0.25, 0.3) is 0 Å². The van der Waals surface area contributed by atoms with Crippen LogP contribution in [-0.4, -0.2) is 32.2 Å². The molecule has 0 aliphatic rings. The summed E-state index contributed by atoms with van der Waals surface area (Å²) in [6.07, 6.45) is 0.0286. The highest BCUT2D eigenvalue weighted by molar-refractivity contribution is 7.22. The number of carboxylic acid groups (broad SMARTS) is 1. The Morgan fingerprint density at radius 3 is 2.50 bits per heavy atom. The number of fused-ring (bicyclic) bond motifs is 1. The fourth-order valence-corrected chi connectivity index (χ4v) is 3.50. The smallest absolute Gasteiger partial charge is 0.335 e. The molecule has 0 fully saturated rings. The Morgan fingerprint density at radius 1 is 1.08 bits per heavy atom. The lowest BCUT2D eigenvalue weighted by Crippen LogP contribution is -2.14. The molecule has 0 bridgehead atoms. The Labute approximate surface area is 152 Å². The van der Waals surface area contributed by atoms with Crippen molar-refractivity contribution < 1.29 is 24.9 Å². The maximum atomic E-state index is 12.2. The Bertz CT molecular complexity index is 942. The number of aliphatic hydroxyl groups excluding tert-OH is 2. The van der Waals surface area contributed by atoms with Crippen molar-refractivity contribution in [3.8, 4) is 0 Å². The molecule has 1 heterocycles. The minimum atomic E-state index is -1.04. The molecule has 2 aromatic carbocycles. The van der Waals surface area contributed by atoms with Crippen LogP contribution in [0, 0.1) is 0 Å². The van der Waals surface area contributed by atoms with Gasteiger partial charge in [0, 0.05) is 0 Å². The summed E-state index contributed by atoms with van der Waals surface area (Å²) in [6, 6.07) is 9.63. The quantitative estimate of drug-likeness (QED) is 0.526. The molecular formula is C18H16N2O5S. The van der Waals surface area contributed by atoms with Crippen LogP contribution >= 0.6 is 11.3 Å². The van der Waals surface area contributed by atoms with Gasteiger partial charge < -0.3 is 20.6 Å². The number of carbonyl (C=O) groups excluding carboxylic acids is 1. The number of carbonyl (C=O) groups is 2. The fourth-order valence-electron chi connectivity index (χ4n) is 2.57. The van der Waals surface area contributed by atoms with Crippen LogP contribution in [0.2, 0.25) is 0 Å². The van der Waals surface area contributed by atoms with E-state index in [4.69, 9.17) is 5.11 Å². The Morgan fingerprint density at radius 2 is 1.81 bits per heavy atom. The highest BCUT2D eigenvalue weighted by atomic mass is 32.1. The normalized spacial score (nSPS) is 10.8. The summed E-state index contributed by atoms with van der Waals surface area (Å²) in [5.74, 6) is -1.35. The molecule has 3 rings (SSSR count). The molecule has 1 aromatic heterocycles. The number of anilines is 1. The predicted octanol–water partition coefficient (Wildman–Crippen LogP) is 2.16. The molecule has 134 valence electrons. The number of carboxylic acids is 1. The van der Waals surface area contributed by atoms with Gasteiger partial charge in [-0.1, -0.05) is 23.5 Å². The second kappa shape index (κ2) is 7.61. The third kappa shape index (κ3) is 3.88. The van der Waals surface area contributed by atoms with Crippen molar-refractivity contribution in [3.05, 3.63) is 58.7 Å². The zero-order valence-electron chi connectivity index (χ0n) is 13.6. The van der Waals surface area contributed by atoms with Gasteiger partial charge in [0.2, 0.25) is 5.91 Å². The number of nitrogens with zero attached hydrogens (tertiary/aromatic N) is 1. The lowest BCUT2D eigenvalue weighted by Gasteiger charge is -2.03. The van der Waals surface area contributed by atoms with E-state index in [1.807, 2.05) is 0 Å². The molecule has 7 nitrogen and oxygen atoms in total. The van der Waals surface area contributed by atoms with Crippen LogP contribution in [0.5, 0.6) is 0 Å². The number of hydrogen-bond acceptors (Lipinski definition) is 6. The molecule has 3 aromatic rings. The van der Waals surface area contributed by atoms with Crippen molar-refractivity contribution in [2.45, 2.75) is 19.6 Å². The average Bonchev–Trinajstić information content (AvgIpc) is 3.01. The minimum Gasteiger partial charge on any atom is -0.478 e. The maximum absolute atomic E-state index is 12.2. The number of aromatic nitrogens is 1. The largest absolute Gasteiger partial charge is 0.478 e. The number of nitrogens with one attached hydrogen (secondary N) is 1. The van der Waals surface area contributed by atoms with E-state index in [1.165, 1.54) is 23.5 Å². The fraction of sp³-hybridized carbons (Fsp3) is 0.167. The number of aromatic carboxylic acids is 1. The van der Waals surface area contributed by atoms with Gasteiger partial charge in [-0.2, -0.15) is 0 Å². The van der Waals surface area contributed by atoms with Crippen molar-refractivity contribution in [1.29, 1.82) is 0 Å². The van der Waals surface area contributed by atoms with Crippen LogP contribution in [0.1, 0.15) is 27.0 Å². The number of hydrogen-bond donors (Lipinski definition) is 4. The maximum Gasteiger partial charge on any atom is 0.335 e. The number of thiazole rings is 1.